The highest BCUT2D eigenvalue weighted by atomic mass is 32.2. The first-order valence-corrected chi connectivity index (χ1v) is 16.1. The third-order valence-corrected chi connectivity index (χ3v) is 8.94. The summed E-state index contributed by atoms with van der Waals surface area (Å²) in [6, 6.07) is 11.0. The molecule has 2 heterocycles. The van der Waals surface area contributed by atoms with Crippen molar-refractivity contribution in [3.63, 3.8) is 0 Å². The predicted octanol–water partition coefficient (Wildman–Crippen LogP) is 6.99. The fourth-order valence-electron chi connectivity index (χ4n) is 4.97. The lowest BCUT2D eigenvalue weighted by atomic mass is 9.96. The molecule has 50 heavy (non-hydrogen) atoms. The van der Waals surface area contributed by atoms with Crippen molar-refractivity contribution in [2.24, 2.45) is 0 Å². The number of thioether (sulfide) groups is 1. The number of nitrogens with one attached hydrogen (secondary N) is 1. The van der Waals surface area contributed by atoms with E-state index >= 15 is 0 Å². The molecule has 0 spiro atoms. The van der Waals surface area contributed by atoms with Crippen molar-refractivity contribution in [1.29, 1.82) is 0 Å². The van der Waals surface area contributed by atoms with E-state index < -0.39 is 46.8 Å². The van der Waals surface area contributed by atoms with Gasteiger partial charge in [0, 0.05) is 37.3 Å². The Bertz CT molecular complexity index is 1790. The zero-order valence-electron chi connectivity index (χ0n) is 25.8. The van der Waals surface area contributed by atoms with Crippen molar-refractivity contribution in [1.82, 2.24) is 9.80 Å². The lowest BCUT2D eigenvalue weighted by molar-refractivity contribution is -0.143. The highest BCUT2D eigenvalue weighted by molar-refractivity contribution is 8.26. The number of aromatic carboxylic acids is 1. The maximum atomic E-state index is 13.7. The summed E-state index contributed by atoms with van der Waals surface area (Å²) in [7, 11) is 0. The van der Waals surface area contributed by atoms with Crippen LogP contribution in [0.5, 0.6) is 5.75 Å². The molecule has 0 saturated carbocycles. The Balaban J connectivity index is 1.39. The van der Waals surface area contributed by atoms with Gasteiger partial charge in [0.2, 0.25) is 5.91 Å². The van der Waals surface area contributed by atoms with Gasteiger partial charge in [0.05, 0.1) is 34.8 Å². The van der Waals surface area contributed by atoms with Gasteiger partial charge >= 0.3 is 18.3 Å². The summed E-state index contributed by atoms with van der Waals surface area (Å²) in [5, 5.41) is 11.6. The van der Waals surface area contributed by atoms with Gasteiger partial charge in [-0.3, -0.25) is 19.4 Å². The van der Waals surface area contributed by atoms with Crippen LogP contribution in [0.4, 0.5) is 32.0 Å². The van der Waals surface area contributed by atoms with Crippen LogP contribution in [0, 0.1) is 0 Å². The molecule has 3 aromatic rings. The number of carboxylic acid groups (broad SMARTS) is 1. The molecule has 0 aliphatic carbocycles. The number of hydrogen-bond donors (Lipinski definition) is 2. The molecule has 2 fully saturated rings. The first kappa shape index (κ1) is 36.8. The number of nitrogens with zero attached hydrogens (tertiary/aromatic N) is 2. The topological polar surface area (TPSA) is 108 Å². The number of morpholine rings is 1. The molecule has 2 amide bonds. The van der Waals surface area contributed by atoms with E-state index in [1.54, 1.807) is 0 Å². The minimum Gasteiger partial charge on any atom is -0.478 e. The summed E-state index contributed by atoms with van der Waals surface area (Å²) < 4.78 is 93.8. The number of halogens is 6. The van der Waals surface area contributed by atoms with Gasteiger partial charge in [-0.1, -0.05) is 30.0 Å². The second kappa shape index (κ2) is 15.2. The second-order valence-corrected chi connectivity index (χ2v) is 12.7. The van der Waals surface area contributed by atoms with Crippen molar-refractivity contribution in [2.75, 3.05) is 44.9 Å². The van der Waals surface area contributed by atoms with Crippen LogP contribution in [0.1, 0.15) is 33.5 Å². The molecule has 2 aliphatic heterocycles. The zero-order valence-corrected chi connectivity index (χ0v) is 27.4. The number of alkyl halides is 6. The van der Waals surface area contributed by atoms with Gasteiger partial charge in [-0.15, -0.1) is 0 Å². The molecule has 17 heteroatoms. The van der Waals surface area contributed by atoms with Gasteiger partial charge in [-0.05, 0) is 71.8 Å². The number of amides is 2. The summed E-state index contributed by atoms with van der Waals surface area (Å²) in [6.45, 7) is 1.80. The van der Waals surface area contributed by atoms with E-state index in [1.807, 2.05) is 4.90 Å². The smallest absolute Gasteiger partial charge is 0.416 e. The summed E-state index contributed by atoms with van der Waals surface area (Å²) in [5.41, 5.74) is -2.78. The number of carbonyl (C=O) groups excluding carboxylic acids is 2. The molecule has 0 bridgehead atoms. The first-order valence-electron chi connectivity index (χ1n) is 14.8. The Morgan fingerprint density at radius 3 is 2.20 bits per heavy atom. The number of rotatable bonds is 10. The quantitative estimate of drug-likeness (QED) is 0.129. The monoisotopic (exact) mass is 739 g/mol. The molecule has 2 saturated heterocycles. The van der Waals surface area contributed by atoms with Crippen molar-refractivity contribution in [3.05, 3.63) is 87.8 Å². The zero-order chi connectivity index (χ0) is 36.2. The second-order valence-electron chi connectivity index (χ2n) is 11.1. The van der Waals surface area contributed by atoms with Gasteiger partial charge in [0.1, 0.15) is 16.8 Å². The van der Waals surface area contributed by atoms with Crippen LogP contribution in [0.3, 0.4) is 0 Å². The molecule has 0 unspecified atom stereocenters. The van der Waals surface area contributed by atoms with E-state index in [0.29, 0.717) is 44.1 Å². The van der Waals surface area contributed by atoms with E-state index in [-0.39, 0.29) is 57.4 Å². The number of carboxylic acids is 1. The molecule has 3 aromatic carbocycles. The van der Waals surface area contributed by atoms with Crippen molar-refractivity contribution >= 4 is 57.8 Å². The Morgan fingerprint density at radius 1 is 0.960 bits per heavy atom. The molecule has 2 aliphatic rings. The molecule has 0 radical (unpaired) electrons. The average molecular weight is 740 g/mol. The van der Waals surface area contributed by atoms with E-state index in [4.69, 9.17) is 26.8 Å². The molecule has 2 N–H and O–H groups in total. The molecule has 5 rings (SSSR count). The van der Waals surface area contributed by atoms with E-state index in [9.17, 15) is 40.7 Å². The van der Waals surface area contributed by atoms with Crippen LogP contribution < -0.4 is 10.1 Å². The van der Waals surface area contributed by atoms with Crippen LogP contribution in [0.2, 0.25) is 0 Å². The number of thiocarbonyl (C=S) groups is 1. The molecule has 0 atom stereocenters. The summed E-state index contributed by atoms with van der Waals surface area (Å²) in [4.78, 5) is 40.0. The minimum absolute atomic E-state index is 0.000670. The van der Waals surface area contributed by atoms with Crippen LogP contribution >= 0.6 is 24.0 Å². The van der Waals surface area contributed by atoms with Crippen molar-refractivity contribution in [3.8, 4) is 16.9 Å². The highest BCUT2D eigenvalue weighted by Crippen LogP contribution is 2.42. The average Bonchev–Trinajstić information content (AvgIpc) is 3.33. The number of anilines is 1. The summed E-state index contributed by atoms with van der Waals surface area (Å²) in [6.07, 6.45) is -8.90. The Hall–Kier alpha value is -4.45. The van der Waals surface area contributed by atoms with Crippen LogP contribution in [0.25, 0.3) is 17.2 Å². The standard InChI is InChI=1S/C33H27F6N3O6S2/c34-32(35,36)22-15-21(16-23(17-22)33(37,38)39)25-13-19(1-6-26(25)48-18-41-9-11-47-12-10-41)14-27-29(44)42(31(49)50-27)8-7-28(43)40-24-4-2-20(3-5-24)30(45)46/h1-6,13-17H,7-12,18H2,(H,40,43)(H,45,46)/b27-14-. The number of ether oxygens (including phenoxy) is 2. The van der Waals surface area contributed by atoms with Crippen LogP contribution in [0.15, 0.2) is 65.6 Å². The Morgan fingerprint density at radius 2 is 1.60 bits per heavy atom. The predicted molar refractivity (Wildman–Crippen MR) is 176 cm³/mol. The Labute approximate surface area is 290 Å². The normalized spacial score (nSPS) is 16.6. The highest BCUT2D eigenvalue weighted by Gasteiger charge is 2.37. The summed E-state index contributed by atoms with van der Waals surface area (Å²) in [5.74, 6) is -2.12. The van der Waals surface area contributed by atoms with E-state index in [1.165, 1.54) is 53.4 Å². The maximum absolute atomic E-state index is 13.7. The molecule has 9 nitrogen and oxygen atoms in total. The Kier molecular flexibility index (Phi) is 11.2. The number of benzene rings is 3. The lowest BCUT2D eigenvalue weighted by Crippen LogP contribution is -2.38. The number of carbonyl (C=O) groups is 3. The minimum atomic E-state index is -5.07. The van der Waals surface area contributed by atoms with Gasteiger partial charge in [-0.25, -0.2) is 4.79 Å². The van der Waals surface area contributed by atoms with Gasteiger partial charge in [0.25, 0.3) is 5.91 Å². The van der Waals surface area contributed by atoms with Crippen molar-refractivity contribution in [2.45, 2.75) is 18.8 Å². The number of hydrogen-bond acceptors (Lipinski definition) is 8. The van der Waals surface area contributed by atoms with Crippen LogP contribution in [-0.2, 0) is 26.7 Å². The lowest BCUT2D eigenvalue weighted by Gasteiger charge is -2.27. The van der Waals surface area contributed by atoms with Gasteiger partial charge in [0.15, 0.2) is 0 Å². The molecular weight excluding hydrogens is 712 g/mol. The van der Waals surface area contributed by atoms with Gasteiger partial charge in [-0.2, -0.15) is 26.3 Å². The van der Waals surface area contributed by atoms with Crippen molar-refractivity contribution < 1.29 is 55.3 Å². The van der Waals surface area contributed by atoms with E-state index in [0.717, 1.165) is 11.8 Å². The largest absolute Gasteiger partial charge is 0.478 e. The summed E-state index contributed by atoms with van der Waals surface area (Å²) >= 11 is 6.26. The first-order chi connectivity index (χ1) is 23.6. The van der Waals surface area contributed by atoms with E-state index in [2.05, 4.69) is 5.32 Å². The fraction of sp³-hybridized carbons (Fsp3) is 0.273. The molecule has 264 valence electrons. The van der Waals surface area contributed by atoms with Gasteiger partial charge < -0.3 is 19.9 Å². The molecular formula is C33H27F6N3O6S2. The fourth-order valence-corrected chi connectivity index (χ4v) is 6.28. The maximum Gasteiger partial charge on any atom is 0.416 e. The third-order valence-electron chi connectivity index (χ3n) is 7.56. The van der Waals surface area contributed by atoms with Crippen LogP contribution in [-0.4, -0.2) is 76.6 Å². The molecule has 0 aromatic heterocycles. The third kappa shape index (κ3) is 9.21. The SMILES string of the molecule is O=C(CCN1C(=O)/C(=C/c2ccc(OCN3CCOCC3)c(-c3cc(C(F)(F)F)cc(C(F)(F)F)c3)c2)SC1=S)Nc1ccc(C(=O)O)cc1.